The van der Waals surface area contributed by atoms with Crippen molar-refractivity contribution in [2.24, 2.45) is 0 Å². The summed E-state index contributed by atoms with van der Waals surface area (Å²) in [6.45, 7) is 19.3. The Balaban J connectivity index is 1.50. The van der Waals surface area contributed by atoms with Gasteiger partial charge in [-0.25, -0.2) is 0 Å². The molecule has 2 saturated heterocycles. The summed E-state index contributed by atoms with van der Waals surface area (Å²) in [5, 5.41) is 14.5. The molecule has 2 aliphatic rings. The smallest absolute Gasteiger partial charge is 0.0234 e. The second-order valence-electron chi connectivity index (χ2n) is 9.98. The largest absolute Gasteiger partial charge is 0.314 e. The highest BCUT2D eigenvalue weighted by Crippen LogP contribution is 2.11. The van der Waals surface area contributed by atoms with Gasteiger partial charge in [0.05, 0.1) is 0 Å². The van der Waals surface area contributed by atoms with Gasteiger partial charge in [0, 0.05) is 118 Å². The average molecular weight is 475 g/mol. The molecule has 0 amide bonds. The van der Waals surface area contributed by atoms with Crippen LogP contribution in [-0.2, 0) is 13.1 Å². The normalized spacial score (nSPS) is 23.4. The van der Waals surface area contributed by atoms with Crippen LogP contribution in [0.25, 0.3) is 0 Å². The summed E-state index contributed by atoms with van der Waals surface area (Å²) in [4.78, 5) is 9.97. The number of hydrogen-bond donors (Lipinski definition) is 4. The fraction of sp³-hybridized carbons (Fsp3) is 0.769. The summed E-state index contributed by atoms with van der Waals surface area (Å²) < 4.78 is 0. The molecule has 2 fully saturated rings. The highest BCUT2D eigenvalue weighted by Gasteiger charge is 2.11. The molecular weight excluding hydrogens is 424 g/mol. The van der Waals surface area contributed by atoms with Gasteiger partial charge in [-0.1, -0.05) is 24.3 Å². The van der Waals surface area contributed by atoms with E-state index in [0.717, 1.165) is 118 Å². The van der Waals surface area contributed by atoms with Crippen LogP contribution in [0.15, 0.2) is 24.3 Å². The lowest BCUT2D eigenvalue weighted by molar-refractivity contribution is 0.247. The summed E-state index contributed by atoms with van der Waals surface area (Å²) >= 11 is 0. The minimum Gasteiger partial charge on any atom is -0.314 e. The quantitative estimate of drug-likeness (QED) is 0.468. The third kappa shape index (κ3) is 11.6. The topological polar surface area (TPSA) is 61.1 Å². The van der Waals surface area contributed by atoms with Crippen LogP contribution in [-0.4, -0.2) is 138 Å². The standard InChI is InChI=1S/C26H50N8/c1-31-14-6-27-10-18-33(19-11-28-7-15-31)23-25-4-3-5-26(22-25)24-34-20-12-29-8-16-32(2)17-9-30-13-21-34/h3-5,22,27-30H,6-21,23-24H2,1-2H3. The van der Waals surface area contributed by atoms with Gasteiger partial charge in [-0.2, -0.15) is 0 Å². The van der Waals surface area contributed by atoms with Crippen molar-refractivity contribution in [2.75, 3.05) is 119 Å². The Labute approximate surface area is 208 Å². The zero-order valence-corrected chi connectivity index (χ0v) is 21.8. The van der Waals surface area contributed by atoms with E-state index in [2.05, 4.69) is 79.2 Å². The highest BCUT2D eigenvalue weighted by molar-refractivity contribution is 5.23. The minimum absolute atomic E-state index is 1.02. The Bertz CT molecular complexity index is 578. The van der Waals surface area contributed by atoms with Gasteiger partial charge in [0.15, 0.2) is 0 Å². The Kier molecular flexibility index (Phi) is 13.4. The first kappa shape index (κ1) is 27.5. The van der Waals surface area contributed by atoms with Crippen LogP contribution in [0.1, 0.15) is 11.1 Å². The molecule has 8 nitrogen and oxygen atoms in total. The van der Waals surface area contributed by atoms with Crippen molar-refractivity contribution in [1.82, 2.24) is 40.9 Å². The second kappa shape index (κ2) is 16.5. The molecule has 0 aromatic heterocycles. The van der Waals surface area contributed by atoms with Crippen molar-refractivity contribution >= 4 is 0 Å². The van der Waals surface area contributed by atoms with E-state index < -0.39 is 0 Å². The first-order valence-electron chi connectivity index (χ1n) is 13.4. The summed E-state index contributed by atoms with van der Waals surface area (Å²) in [5.41, 5.74) is 2.86. The zero-order chi connectivity index (χ0) is 23.8. The number of likely N-dealkylation sites (N-methyl/N-ethyl adjacent to an activating group) is 2. The van der Waals surface area contributed by atoms with Crippen LogP contribution in [0, 0.1) is 0 Å². The fourth-order valence-electron chi connectivity index (χ4n) is 4.63. The fourth-order valence-corrected chi connectivity index (χ4v) is 4.63. The van der Waals surface area contributed by atoms with Crippen LogP contribution >= 0.6 is 0 Å². The number of hydrogen-bond acceptors (Lipinski definition) is 8. The van der Waals surface area contributed by atoms with E-state index in [4.69, 9.17) is 0 Å². The van der Waals surface area contributed by atoms with Gasteiger partial charge in [0.2, 0.25) is 0 Å². The molecular formula is C26H50N8. The number of nitrogens with one attached hydrogen (secondary N) is 4. The maximum absolute atomic E-state index is 3.62. The van der Waals surface area contributed by atoms with Crippen molar-refractivity contribution in [3.05, 3.63) is 35.4 Å². The zero-order valence-electron chi connectivity index (χ0n) is 21.8. The molecule has 4 N–H and O–H groups in total. The van der Waals surface area contributed by atoms with Crippen LogP contribution in [0.2, 0.25) is 0 Å². The molecule has 2 aliphatic heterocycles. The molecule has 0 aliphatic carbocycles. The lowest BCUT2D eigenvalue weighted by atomic mass is 10.1. The average Bonchev–Trinajstić information content (AvgIpc) is 2.81. The molecule has 0 atom stereocenters. The molecule has 3 rings (SSSR count). The maximum atomic E-state index is 3.62. The summed E-state index contributed by atoms with van der Waals surface area (Å²) in [6.07, 6.45) is 0. The molecule has 1 aromatic carbocycles. The van der Waals surface area contributed by atoms with Crippen LogP contribution < -0.4 is 21.3 Å². The van der Waals surface area contributed by atoms with Crippen molar-refractivity contribution in [3.63, 3.8) is 0 Å². The molecule has 0 saturated carbocycles. The monoisotopic (exact) mass is 474 g/mol. The Morgan fingerprint density at radius 3 is 1.21 bits per heavy atom. The molecule has 1 aromatic rings. The second-order valence-corrected chi connectivity index (χ2v) is 9.98. The lowest BCUT2D eigenvalue weighted by Gasteiger charge is -2.26. The van der Waals surface area contributed by atoms with Crippen molar-refractivity contribution in [2.45, 2.75) is 13.1 Å². The van der Waals surface area contributed by atoms with Gasteiger partial charge in [-0.15, -0.1) is 0 Å². The molecule has 2 heterocycles. The van der Waals surface area contributed by atoms with Crippen LogP contribution in [0.4, 0.5) is 0 Å². The lowest BCUT2D eigenvalue weighted by Crippen LogP contribution is -2.42. The number of nitrogens with zero attached hydrogens (tertiary/aromatic N) is 4. The molecule has 0 spiro atoms. The predicted molar refractivity (Wildman–Crippen MR) is 143 cm³/mol. The molecule has 194 valence electrons. The highest BCUT2D eigenvalue weighted by atomic mass is 15.2. The van der Waals surface area contributed by atoms with Gasteiger partial charge in [0.25, 0.3) is 0 Å². The predicted octanol–water partition coefficient (Wildman–Crippen LogP) is -0.460. The summed E-state index contributed by atoms with van der Waals surface area (Å²) in [5.74, 6) is 0. The van der Waals surface area contributed by atoms with Gasteiger partial charge in [-0.05, 0) is 25.2 Å². The maximum Gasteiger partial charge on any atom is 0.0234 e. The first-order valence-corrected chi connectivity index (χ1v) is 13.4. The Hall–Kier alpha value is -1.10. The molecule has 8 heteroatoms. The molecule has 0 bridgehead atoms. The number of rotatable bonds is 4. The third-order valence-corrected chi connectivity index (χ3v) is 6.90. The number of benzene rings is 1. The Morgan fingerprint density at radius 1 is 0.529 bits per heavy atom. The van der Waals surface area contributed by atoms with E-state index in [-0.39, 0.29) is 0 Å². The van der Waals surface area contributed by atoms with Crippen molar-refractivity contribution in [3.8, 4) is 0 Å². The third-order valence-electron chi connectivity index (χ3n) is 6.90. The van der Waals surface area contributed by atoms with Gasteiger partial charge in [-0.3, -0.25) is 9.80 Å². The van der Waals surface area contributed by atoms with E-state index in [1.165, 1.54) is 11.1 Å². The summed E-state index contributed by atoms with van der Waals surface area (Å²) in [7, 11) is 4.41. The molecule has 0 radical (unpaired) electrons. The van der Waals surface area contributed by atoms with Crippen molar-refractivity contribution < 1.29 is 0 Å². The van der Waals surface area contributed by atoms with Crippen LogP contribution in [0.5, 0.6) is 0 Å². The van der Waals surface area contributed by atoms with E-state index in [1.54, 1.807) is 0 Å². The molecule has 34 heavy (non-hydrogen) atoms. The van der Waals surface area contributed by atoms with E-state index in [9.17, 15) is 0 Å². The SMILES string of the molecule is CN1CCNCCN(Cc2cccc(CN3CCNCCN(C)CCNCC3)c2)CCNCC1. The van der Waals surface area contributed by atoms with Gasteiger partial charge in [0.1, 0.15) is 0 Å². The summed E-state index contributed by atoms with van der Waals surface area (Å²) in [6, 6.07) is 9.27. The molecule has 0 unspecified atom stereocenters. The van der Waals surface area contributed by atoms with Crippen molar-refractivity contribution in [1.29, 1.82) is 0 Å². The van der Waals surface area contributed by atoms with E-state index in [0.29, 0.717) is 0 Å². The van der Waals surface area contributed by atoms with Crippen LogP contribution in [0.3, 0.4) is 0 Å². The Morgan fingerprint density at radius 2 is 0.853 bits per heavy atom. The van der Waals surface area contributed by atoms with Gasteiger partial charge < -0.3 is 31.1 Å². The minimum atomic E-state index is 1.02. The van der Waals surface area contributed by atoms with E-state index in [1.807, 2.05) is 0 Å². The van der Waals surface area contributed by atoms with Gasteiger partial charge >= 0.3 is 0 Å². The van der Waals surface area contributed by atoms with E-state index >= 15 is 0 Å². The first-order chi connectivity index (χ1) is 16.7.